The lowest BCUT2D eigenvalue weighted by atomic mass is 10.0. The maximum absolute atomic E-state index is 12.9. The molecule has 0 atom stereocenters. The molecule has 3 rings (SSSR count). The molecular formula is C20H26N3O5S+. The molecule has 1 fully saturated rings. The van der Waals surface area contributed by atoms with Gasteiger partial charge in [-0.2, -0.15) is 4.31 Å². The van der Waals surface area contributed by atoms with E-state index in [1.807, 2.05) is 39.1 Å². The number of hydrogen-bond acceptors (Lipinski definition) is 5. The lowest BCUT2D eigenvalue weighted by molar-refractivity contribution is -0.883. The number of nitrogens with one attached hydrogen (secondary N) is 1. The predicted octanol–water partition coefficient (Wildman–Crippen LogP) is 2.03. The molecule has 0 bridgehead atoms. The zero-order valence-corrected chi connectivity index (χ0v) is 17.6. The second kappa shape index (κ2) is 8.48. The van der Waals surface area contributed by atoms with Gasteiger partial charge in [-0.1, -0.05) is 26.0 Å². The maximum atomic E-state index is 12.9. The second-order valence-electron chi connectivity index (χ2n) is 7.58. The normalized spacial score (nSPS) is 16.1. The van der Waals surface area contributed by atoms with Crippen LogP contribution in [-0.2, 0) is 10.0 Å². The van der Waals surface area contributed by atoms with Crippen LogP contribution in [0.4, 0.5) is 5.69 Å². The Morgan fingerprint density at radius 2 is 1.83 bits per heavy atom. The molecule has 9 heteroatoms. The number of piperazine rings is 1. The summed E-state index contributed by atoms with van der Waals surface area (Å²) in [5, 5.41) is 11.6. The van der Waals surface area contributed by atoms with Crippen LogP contribution in [0.2, 0.25) is 0 Å². The molecule has 1 N–H and O–H groups in total. The zero-order valence-electron chi connectivity index (χ0n) is 16.8. The third kappa shape index (κ3) is 4.75. The molecule has 0 radical (unpaired) electrons. The van der Waals surface area contributed by atoms with Gasteiger partial charge in [0, 0.05) is 6.07 Å². The summed E-state index contributed by atoms with van der Waals surface area (Å²) in [5.74, 6) is 0.765. The van der Waals surface area contributed by atoms with E-state index in [0.717, 1.165) is 11.6 Å². The molecule has 1 aliphatic rings. The van der Waals surface area contributed by atoms with Crippen molar-refractivity contribution >= 4 is 15.7 Å². The number of nitrogens with zero attached hydrogens (tertiary/aromatic N) is 2. The average molecular weight is 421 g/mol. The summed E-state index contributed by atoms with van der Waals surface area (Å²) < 4.78 is 32.9. The predicted molar refractivity (Wildman–Crippen MR) is 109 cm³/mol. The molecule has 8 nitrogen and oxygen atoms in total. The summed E-state index contributed by atoms with van der Waals surface area (Å²) in [4.78, 5) is 12.2. The number of nitro benzene ring substituents is 1. The van der Waals surface area contributed by atoms with Crippen LogP contribution in [-0.4, -0.2) is 50.9 Å². The zero-order chi connectivity index (χ0) is 21.2. The van der Waals surface area contributed by atoms with Crippen molar-refractivity contribution in [1.29, 1.82) is 0 Å². The highest BCUT2D eigenvalue weighted by Crippen LogP contribution is 2.35. The molecule has 1 aliphatic heterocycles. The average Bonchev–Trinajstić information content (AvgIpc) is 2.68. The minimum Gasteiger partial charge on any atom is -0.450 e. The van der Waals surface area contributed by atoms with Crippen LogP contribution in [0.1, 0.15) is 25.3 Å². The van der Waals surface area contributed by atoms with Crippen molar-refractivity contribution in [3.63, 3.8) is 0 Å². The third-order valence-corrected chi connectivity index (χ3v) is 6.99. The van der Waals surface area contributed by atoms with Crippen molar-refractivity contribution in [3.05, 3.63) is 58.1 Å². The van der Waals surface area contributed by atoms with Crippen molar-refractivity contribution in [1.82, 2.24) is 4.31 Å². The molecule has 0 aromatic heterocycles. The van der Waals surface area contributed by atoms with Gasteiger partial charge in [0.25, 0.3) is 0 Å². The molecule has 29 heavy (non-hydrogen) atoms. The fourth-order valence-electron chi connectivity index (χ4n) is 3.21. The third-order valence-electron chi connectivity index (χ3n) is 5.09. The summed E-state index contributed by atoms with van der Waals surface area (Å²) in [6, 6.07) is 11.1. The molecule has 0 aliphatic carbocycles. The van der Waals surface area contributed by atoms with Gasteiger partial charge in [0.05, 0.1) is 43.0 Å². The summed E-state index contributed by atoms with van der Waals surface area (Å²) in [6.45, 7) is 6.27. The topological polar surface area (TPSA) is 94.2 Å². The van der Waals surface area contributed by atoms with Crippen LogP contribution >= 0.6 is 0 Å². The minimum atomic E-state index is -3.79. The molecule has 0 amide bonds. The summed E-state index contributed by atoms with van der Waals surface area (Å²) in [6.07, 6.45) is 0. The molecule has 2 aromatic carbocycles. The molecule has 1 heterocycles. The van der Waals surface area contributed by atoms with E-state index < -0.39 is 14.9 Å². The SMILES string of the molecule is CC(C)c1cccc(Oc2ccc(S(=O)(=O)N3CC[NH+](C)CC3)cc2[N+](=O)[O-])c1. The highest BCUT2D eigenvalue weighted by molar-refractivity contribution is 7.89. The quantitative estimate of drug-likeness (QED) is 0.570. The first-order valence-corrected chi connectivity index (χ1v) is 11.0. The number of benzene rings is 2. The van der Waals surface area contributed by atoms with Crippen molar-refractivity contribution in [2.24, 2.45) is 0 Å². The fraction of sp³-hybridized carbons (Fsp3) is 0.400. The molecular weight excluding hydrogens is 394 g/mol. The Bertz CT molecular complexity index is 999. The molecule has 1 saturated heterocycles. The summed E-state index contributed by atoms with van der Waals surface area (Å²) in [5.41, 5.74) is 0.669. The number of rotatable bonds is 6. The Morgan fingerprint density at radius 3 is 2.45 bits per heavy atom. The lowest BCUT2D eigenvalue weighted by Gasteiger charge is -2.29. The van der Waals surface area contributed by atoms with Gasteiger partial charge in [-0.05, 0) is 35.7 Å². The van der Waals surface area contributed by atoms with E-state index in [9.17, 15) is 18.5 Å². The van der Waals surface area contributed by atoms with Gasteiger partial charge in [0.2, 0.25) is 15.8 Å². The van der Waals surface area contributed by atoms with Crippen LogP contribution in [0, 0.1) is 10.1 Å². The van der Waals surface area contributed by atoms with E-state index in [0.29, 0.717) is 31.9 Å². The van der Waals surface area contributed by atoms with E-state index in [1.165, 1.54) is 21.3 Å². The summed E-state index contributed by atoms with van der Waals surface area (Å²) in [7, 11) is -1.78. The van der Waals surface area contributed by atoms with Gasteiger partial charge < -0.3 is 9.64 Å². The van der Waals surface area contributed by atoms with Gasteiger partial charge in [-0.15, -0.1) is 0 Å². The highest BCUT2D eigenvalue weighted by atomic mass is 32.2. The van der Waals surface area contributed by atoms with Crippen LogP contribution in [0.25, 0.3) is 0 Å². The van der Waals surface area contributed by atoms with Gasteiger partial charge >= 0.3 is 5.69 Å². The Morgan fingerprint density at radius 1 is 1.14 bits per heavy atom. The van der Waals surface area contributed by atoms with Crippen molar-refractivity contribution < 1.29 is 23.0 Å². The minimum absolute atomic E-state index is 0.0117. The molecule has 156 valence electrons. The number of sulfonamides is 1. The van der Waals surface area contributed by atoms with E-state index >= 15 is 0 Å². The highest BCUT2D eigenvalue weighted by Gasteiger charge is 2.31. The monoisotopic (exact) mass is 420 g/mol. The van der Waals surface area contributed by atoms with Crippen LogP contribution in [0.15, 0.2) is 47.4 Å². The van der Waals surface area contributed by atoms with Crippen LogP contribution in [0.3, 0.4) is 0 Å². The second-order valence-corrected chi connectivity index (χ2v) is 9.52. The first-order chi connectivity index (χ1) is 13.7. The number of likely N-dealkylation sites (N-methyl/N-ethyl adjacent to an activating group) is 1. The molecule has 2 aromatic rings. The van der Waals surface area contributed by atoms with Crippen molar-refractivity contribution in [2.45, 2.75) is 24.7 Å². The van der Waals surface area contributed by atoms with Gasteiger partial charge in [-0.25, -0.2) is 8.42 Å². The number of ether oxygens (including phenoxy) is 1. The van der Waals surface area contributed by atoms with E-state index in [1.54, 1.807) is 6.07 Å². The Hall–Kier alpha value is -2.49. The Kier molecular flexibility index (Phi) is 6.21. The van der Waals surface area contributed by atoms with E-state index in [2.05, 4.69) is 0 Å². The number of quaternary nitrogens is 1. The standard InChI is InChI=1S/C20H25N3O5S/c1-15(2)16-5-4-6-17(13-16)28-20-8-7-18(14-19(20)23(24)25)29(26,27)22-11-9-21(3)10-12-22/h4-8,13-15H,9-12H2,1-3H3/p+1. The molecule has 0 unspecified atom stereocenters. The Balaban J connectivity index is 1.91. The van der Waals surface area contributed by atoms with Gasteiger partial charge in [-0.3, -0.25) is 10.1 Å². The summed E-state index contributed by atoms with van der Waals surface area (Å²) >= 11 is 0. The van der Waals surface area contributed by atoms with Crippen LogP contribution < -0.4 is 9.64 Å². The lowest BCUT2D eigenvalue weighted by Crippen LogP contribution is -3.12. The first kappa shape index (κ1) is 21.2. The Labute approximate surface area is 170 Å². The van der Waals surface area contributed by atoms with Gasteiger partial charge in [0.1, 0.15) is 5.75 Å². The van der Waals surface area contributed by atoms with E-state index in [4.69, 9.17) is 4.74 Å². The van der Waals surface area contributed by atoms with Gasteiger partial charge in [0.15, 0.2) is 0 Å². The van der Waals surface area contributed by atoms with Crippen molar-refractivity contribution in [3.8, 4) is 11.5 Å². The van der Waals surface area contributed by atoms with Crippen LogP contribution in [0.5, 0.6) is 11.5 Å². The largest absolute Gasteiger partial charge is 0.450 e. The fourth-order valence-corrected chi connectivity index (χ4v) is 4.67. The van der Waals surface area contributed by atoms with E-state index in [-0.39, 0.29) is 22.3 Å². The molecule has 0 spiro atoms. The number of hydrogen-bond donors (Lipinski definition) is 1. The first-order valence-electron chi connectivity index (χ1n) is 9.56. The number of nitro groups is 1. The molecule has 0 saturated carbocycles. The maximum Gasteiger partial charge on any atom is 0.312 e. The van der Waals surface area contributed by atoms with Crippen molar-refractivity contribution in [2.75, 3.05) is 33.2 Å². The smallest absolute Gasteiger partial charge is 0.312 e.